The maximum atomic E-state index is 11.8. The summed E-state index contributed by atoms with van der Waals surface area (Å²) in [5, 5.41) is 0. The molecule has 0 fully saturated rings. The Labute approximate surface area is 55.0 Å². The Morgan fingerprint density at radius 3 is 1.70 bits per heavy atom. The van der Waals surface area contributed by atoms with E-state index in [1.165, 1.54) is 0 Å². The van der Waals surface area contributed by atoms with Gasteiger partial charge in [-0.2, -0.15) is 13.2 Å². The number of halogens is 5. The molecule has 2 atom stereocenters. The molecule has 0 N–H and O–H groups in total. The lowest BCUT2D eigenvalue weighted by Crippen LogP contribution is -2.26. The number of hydrogen-bond acceptors (Lipinski definition) is 0. The van der Waals surface area contributed by atoms with Crippen LogP contribution in [0.5, 0.6) is 0 Å². The Kier molecular flexibility index (Phi) is 3.05. The molecule has 0 saturated carbocycles. The van der Waals surface area contributed by atoms with Crippen molar-refractivity contribution in [2.24, 2.45) is 0 Å². The Morgan fingerprint density at radius 2 is 1.60 bits per heavy atom. The molecule has 0 aromatic heterocycles. The fourth-order valence-electron chi connectivity index (χ4n) is 0.358. The van der Waals surface area contributed by atoms with Gasteiger partial charge in [-0.15, -0.1) is 0 Å². The van der Waals surface area contributed by atoms with E-state index in [9.17, 15) is 22.0 Å². The quantitative estimate of drug-likeness (QED) is 0.545. The van der Waals surface area contributed by atoms with E-state index in [4.69, 9.17) is 0 Å². The summed E-state index contributed by atoms with van der Waals surface area (Å²) in [6.45, 7) is 2.59. The van der Waals surface area contributed by atoms with Gasteiger partial charge in [0.05, 0.1) is 0 Å². The van der Waals surface area contributed by atoms with Crippen molar-refractivity contribution in [3.63, 3.8) is 0 Å². The van der Waals surface area contributed by atoms with Crippen LogP contribution in [0.15, 0.2) is 0 Å². The first-order valence-electron chi connectivity index (χ1n) is 2.52. The zero-order valence-electron chi connectivity index (χ0n) is 4.96. The van der Waals surface area contributed by atoms with Gasteiger partial charge in [-0.05, 0) is 6.92 Å². The lowest BCUT2D eigenvalue weighted by Gasteiger charge is -2.11. The van der Waals surface area contributed by atoms with E-state index in [2.05, 4.69) is 6.92 Å². The fraction of sp³-hybridized carbons (Fsp3) is 0.800. The first kappa shape index (κ1) is 9.65. The summed E-state index contributed by atoms with van der Waals surface area (Å²) in [5.74, 6) is 0. The summed E-state index contributed by atoms with van der Waals surface area (Å²) in [6, 6.07) is 0. The van der Waals surface area contributed by atoms with Crippen molar-refractivity contribution in [2.45, 2.75) is 24.9 Å². The highest BCUT2D eigenvalue weighted by Crippen LogP contribution is 2.26. The fourth-order valence-corrected chi connectivity index (χ4v) is 0.358. The Bertz CT molecular complexity index is 94.7. The highest BCUT2D eigenvalue weighted by Gasteiger charge is 2.40. The summed E-state index contributed by atoms with van der Waals surface area (Å²) in [5.41, 5.74) is 0. The van der Waals surface area contributed by atoms with Crippen LogP contribution in [-0.4, -0.2) is 18.5 Å². The second kappa shape index (κ2) is 3.16. The minimum absolute atomic E-state index is 1.22. The lowest BCUT2D eigenvalue weighted by atomic mass is 10.2. The minimum atomic E-state index is -4.96. The van der Waals surface area contributed by atoms with Gasteiger partial charge in [0, 0.05) is 6.42 Å². The van der Waals surface area contributed by atoms with Gasteiger partial charge in [-0.25, -0.2) is 8.78 Å². The van der Waals surface area contributed by atoms with Crippen LogP contribution in [0.3, 0.4) is 0 Å². The third-order valence-electron chi connectivity index (χ3n) is 0.818. The van der Waals surface area contributed by atoms with E-state index in [0.717, 1.165) is 0 Å². The molecule has 0 aliphatic rings. The molecule has 0 heterocycles. The Balaban J connectivity index is 3.73. The van der Waals surface area contributed by atoms with Crippen molar-refractivity contribution in [3.05, 3.63) is 6.92 Å². The molecule has 0 aliphatic carbocycles. The summed E-state index contributed by atoms with van der Waals surface area (Å²) < 4.78 is 57.1. The van der Waals surface area contributed by atoms with Crippen molar-refractivity contribution >= 4 is 0 Å². The Hall–Kier alpha value is -0.350. The SMILES string of the molecule is [CH2]C(F)CC(F)C(F)(F)F. The molecule has 0 nitrogen and oxygen atoms in total. The predicted octanol–water partition coefficient (Wildman–Crippen LogP) is 2.45. The zero-order valence-corrected chi connectivity index (χ0v) is 4.96. The average molecular weight is 161 g/mol. The molecular weight excluding hydrogens is 155 g/mol. The maximum Gasteiger partial charge on any atom is 0.419 e. The second-order valence-electron chi connectivity index (χ2n) is 1.84. The minimum Gasteiger partial charge on any atom is -0.247 e. The summed E-state index contributed by atoms with van der Waals surface area (Å²) in [7, 11) is 0. The van der Waals surface area contributed by atoms with Crippen LogP contribution >= 0.6 is 0 Å². The molecule has 0 rings (SSSR count). The molecule has 1 radical (unpaired) electrons. The zero-order chi connectivity index (χ0) is 8.36. The number of alkyl halides is 5. The summed E-state index contributed by atoms with van der Waals surface area (Å²) >= 11 is 0. The van der Waals surface area contributed by atoms with E-state index in [0.29, 0.717) is 0 Å². The monoisotopic (exact) mass is 161 g/mol. The smallest absolute Gasteiger partial charge is 0.247 e. The van der Waals surface area contributed by atoms with E-state index in [-0.39, 0.29) is 0 Å². The van der Waals surface area contributed by atoms with E-state index in [1.807, 2.05) is 0 Å². The van der Waals surface area contributed by atoms with E-state index >= 15 is 0 Å². The molecule has 5 heteroatoms. The predicted molar refractivity (Wildman–Crippen MR) is 25.8 cm³/mol. The maximum absolute atomic E-state index is 11.8. The van der Waals surface area contributed by atoms with Crippen LogP contribution in [0.1, 0.15) is 6.42 Å². The lowest BCUT2D eigenvalue weighted by molar-refractivity contribution is -0.184. The second-order valence-corrected chi connectivity index (χ2v) is 1.84. The molecule has 0 bridgehead atoms. The highest BCUT2D eigenvalue weighted by molar-refractivity contribution is 4.71. The topological polar surface area (TPSA) is 0 Å². The molecule has 0 spiro atoms. The largest absolute Gasteiger partial charge is 0.419 e. The molecular formula is C5H6F5. The van der Waals surface area contributed by atoms with Gasteiger partial charge in [0.25, 0.3) is 0 Å². The average Bonchev–Trinajstić information content (AvgIpc) is 1.60. The third-order valence-corrected chi connectivity index (χ3v) is 0.818. The first-order valence-corrected chi connectivity index (χ1v) is 2.52. The molecule has 0 aliphatic heterocycles. The van der Waals surface area contributed by atoms with Gasteiger partial charge in [-0.3, -0.25) is 0 Å². The number of rotatable bonds is 2. The van der Waals surface area contributed by atoms with E-state index < -0.39 is 24.9 Å². The van der Waals surface area contributed by atoms with Crippen molar-refractivity contribution in [2.75, 3.05) is 0 Å². The third kappa shape index (κ3) is 3.63. The van der Waals surface area contributed by atoms with Gasteiger partial charge in [0.15, 0.2) is 6.17 Å². The molecule has 0 aromatic rings. The van der Waals surface area contributed by atoms with Gasteiger partial charge in [0.1, 0.15) is 6.17 Å². The van der Waals surface area contributed by atoms with Gasteiger partial charge < -0.3 is 0 Å². The van der Waals surface area contributed by atoms with Crippen LogP contribution in [0.25, 0.3) is 0 Å². The molecule has 0 aromatic carbocycles. The molecule has 0 saturated heterocycles. The van der Waals surface area contributed by atoms with Gasteiger partial charge >= 0.3 is 6.18 Å². The van der Waals surface area contributed by atoms with Crippen LogP contribution in [0.4, 0.5) is 22.0 Å². The van der Waals surface area contributed by atoms with Crippen LogP contribution in [0.2, 0.25) is 0 Å². The molecule has 61 valence electrons. The van der Waals surface area contributed by atoms with Crippen molar-refractivity contribution < 1.29 is 22.0 Å². The van der Waals surface area contributed by atoms with Crippen LogP contribution < -0.4 is 0 Å². The normalized spacial score (nSPS) is 18.6. The summed E-state index contributed by atoms with van der Waals surface area (Å²) in [6.07, 6.45) is -11.3. The highest BCUT2D eigenvalue weighted by atomic mass is 19.4. The van der Waals surface area contributed by atoms with E-state index in [1.54, 1.807) is 0 Å². The van der Waals surface area contributed by atoms with Gasteiger partial charge in [-0.1, -0.05) is 0 Å². The molecule has 0 amide bonds. The van der Waals surface area contributed by atoms with Crippen molar-refractivity contribution in [3.8, 4) is 0 Å². The first-order chi connectivity index (χ1) is 4.34. The summed E-state index contributed by atoms with van der Waals surface area (Å²) in [4.78, 5) is 0. The van der Waals surface area contributed by atoms with Crippen LogP contribution in [0, 0.1) is 6.92 Å². The van der Waals surface area contributed by atoms with Crippen LogP contribution in [-0.2, 0) is 0 Å². The molecule has 10 heavy (non-hydrogen) atoms. The van der Waals surface area contributed by atoms with Crippen molar-refractivity contribution in [1.82, 2.24) is 0 Å². The number of hydrogen-bond donors (Lipinski definition) is 0. The van der Waals surface area contributed by atoms with Crippen molar-refractivity contribution in [1.29, 1.82) is 0 Å². The Morgan fingerprint density at radius 1 is 1.20 bits per heavy atom. The molecule has 2 unspecified atom stereocenters. The standard InChI is InChI=1S/C5H6F5/c1-3(6)2-4(7)5(8,9)10/h3-4H,1-2H2. The van der Waals surface area contributed by atoms with Gasteiger partial charge in [0.2, 0.25) is 0 Å².